The molecule has 0 radical (unpaired) electrons. The number of hydrogen-bond donors (Lipinski definition) is 1. The van der Waals surface area contributed by atoms with Crippen molar-refractivity contribution in [3.8, 4) is 0 Å². The number of likely N-dealkylation sites (N-methyl/N-ethyl adjacent to an activating group) is 1. The van der Waals surface area contributed by atoms with Gasteiger partial charge in [-0.1, -0.05) is 60.7 Å². The number of halogens is 2. The van der Waals surface area contributed by atoms with Crippen LogP contribution in [0.15, 0.2) is 60.7 Å². The van der Waals surface area contributed by atoms with Crippen LogP contribution in [-0.2, 0) is 12.8 Å². The predicted octanol–water partition coefficient (Wildman–Crippen LogP) is 3.70. The Kier molecular flexibility index (Phi) is 4.85. The molecule has 1 nitrogen and oxygen atoms in total. The van der Waals surface area contributed by atoms with Gasteiger partial charge < -0.3 is 5.32 Å². The molecule has 0 amide bonds. The molecule has 0 saturated heterocycles. The third kappa shape index (κ3) is 3.42. The van der Waals surface area contributed by atoms with Crippen LogP contribution < -0.4 is 5.32 Å². The molecule has 2 aromatic rings. The summed E-state index contributed by atoms with van der Waals surface area (Å²) in [6.07, 6.45) is -1.83. The maximum atomic E-state index is 13.7. The first-order valence-corrected chi connectivity index (χ1v) is 6.71. The van der Waals surface area contributed by atoms with Crippen LogP contribution in [0.1, 0.15) is 11.1 Å². The van der Waals surface area contributed by atoms with Crippen LogP contribution in [0.4, 0.5) is 8.78 Å². The third-order valence-corrected chi connectivity index (χ3v) is 3.64. The summed E-state index contributed by atoms with van der Waals surface area (Å²) in [6.45, 7) is 0. The average Bonchev–Trinajstić information content (AvgIpc) is 2.48. The lowest BCUT2D eigenvalue weighted by Gasteiger charge is -2.33. The topological polar surface area (TPSA) is 12.0 Å². The highest BCUT2D eigenvalue weighted by Crippen LogP contribution is 2.25. The molecular formula is C17H19F2N. The summed E-state index contributed by atoms with van der Waals surface area (Å²) in [7, 11) is 1.61. The molecule has 0 aliphatic carbocycles. The molecule has 20 heavy (non-hydrogen) atoms. The van der Waals surface area contributed by atoms with Crippen LogP contribution in [0.3, 0.4) is 0 Å². The fourth-order valence-corrected chi connectivity index (χ4v) is 2.42. The van der Waals surface area contributed by atoms with Crippen molar-refractivity contribution in [3.05, 3.63) is 71.8 Å². The van der Waals surface area contributed by atoms with Gasteiger partial charge >= 0.3 is 0 Å². The molecule has 0 aromatic heterocycles. The molecule has 2 rings (SSSR count). The molecule has 1 N–H and O–H groups in total. The monoisotopic (exact) mass is 275 g/mol. The lowest BCUT2D eigenvalue weighted by Crippen LogP contribution is -2.53. The second kappa shape index (κ2) is 6.62. The van der Waals surface area contributed by atoms with Crippen LogP contribution in [0.5, 0.6) is 0 Å². The Hall–Kier alpha value is -1.74. The van der Waals surface area contributed by atoms with Crippen molar-refractivity contribution >= 4 is 0 Å². The Labute approximate surface area is 118 Å². The van der Waals surface area contributed by atoms with Crippen LogP contribution in [0, 0.1) is 0 Å². The molecule has 2 aromatic carbocycles. The van der Waals surface area contributed by atoms with E-state index in [1.807, 2.05) is 60.7 Å². The summed E-state index contributed by atoms with van der Waals surface area (Å²) in [5.41, 5.74) is 0.596. The molecule has 3 heteroatoms. The SMILES string of the molecule is CNC(Cc1ccccc1)(Cc1ccccc1)C(F)F. The van der Waals surface area contributed by atoms with Crippen LogP contribution >= 0.6 is 0 Å². The highest BCUT2D eigenvalue weighted by atomic mass is 19.3. The van der Waals surface area contributed by atoms with Crippen molar-refractivity contribution < 1.29 is 8.78 Å². The summed E-state index contributed by atoms with van der Waals surface area (Å²) in [5.74, 6) is 0. The molecule has 0 saturated carbocycles. The number of alkyl halides is 2. The summed E-state index contributed by atoms with van der Waals surface area (Å²) in [5, 5.41) is 2.86. The van der Waals surface area contributed by atoms with Gasteiger partial charge in [0.2, 0.25) is 0 Å². The lowest BCUT2D eigenvalue weighted by molar-refractivity contribution is 0.0340. The van der Waals surface area contributed by atoms with E-state index in [4.69, 9.17) is 0 Å². The van der Waals surface area contributed by atoms with Gasteiger partial charge in [0.05, 0.1) is 5.54 Å². The molecule has 0 atom stereocenters. The molecule has 0 fully saturated rings. The van der Waals surface area contributed by atoms with Gasteiger partial charge in [-0.15, -0.1) is 0 Å². The first-order valence-electron chi connectivity index (χ1n) is 6.71. The zero-order valence-electron chi connectivity index (χ0n) is 11.5. The van der Waals surface area contributed by atoms with Crippen LogP contribution in [0.25, 0.3) is 0 Å². The van der Waals surface area contributed by atoms with Crippen molar-refractivity contribution in [2.45, 2.75) is 24.8 Å². The normalized spacial score (nSPS) is 11.8. The van der Waals surface area contributed by atoms with Gasteiger partial charge in [0.1, 0.15) is 0 Å². The highest BCUT2D eigenvalue weighted by Gasteiger charge is 2.38. The number of nitrogens with one attached hydrogen (secondary N) is 1. The number of hydrogen-bond acceptors (Lipinski definition) is 1. The predicted molar refractivity (Wildman–Crippen MR) is 78.1 cm³/mol. The van der Waals surface area contributed by atoms with Gasteiger partial charge in [-0.3, -0.25) is 0 Å². The molecule has 106 valence electrons. The third-order valence-electron chi connectivity index (χ3n) is 3.64. The van der Waals surface area contributed by atoms with E-state index in [0.717, 1.165) is 11.1 Å². The Morgan fingerprint density at radius 1 is 0.850 bits per heavy atom. The maximum absolute atomic E-state index is 13.7. The minimum atomic E-state index is -2.44. The summed E-state index contributed by atoms with van der Waals surface area (Å²) >= 11 is 0. The molecule has 0 bridgehead atoms. The van der Waals surface area contributed by atoms with Gasteiger partial charge in [0, 0.05) is 0 Å². The number of rotatable bonds is 6. The second-order valence-electron chi connectivity index (χ2n) is 5.03. The van der Waals surface area contributed by atoms with Gasteiger partial charge in [-0.05, 0) is 31.0 Å². The van der Waals surface area contributed by atoms with E-state index in [9.17, 15) is 8.78 Å². The summed E-state index contributed by atoms with van der Waals surface area (Å²) in [4.78, 5) is 0. The van der Waals surface area contributed by atoms with Crippen molar-refractivity contribution in [2.24, 2.45) is 0 Å². The van der Waals surface area contributed by atoms with Crippen molar-refractivity contribution in [2.75, 3.05) is 7.05 Å². The molecule has 0 spiro atoms. The zero-order valence-corrected chi connectivity index (χ0v) is 11.5. The highest BCUT2D eigenvalue weighted by molar-refractivity contribution is 5.23. The van der Waals surface area contributed by atoms with Crippen molar-refractivity contribution in [3.63, 3.8) is 0 Å². The van der Waals surface area contributed by atoms with Gasteiger partial charge in [-0.2, -0.15) is 0 Å². The van der Waals surface area contributed by atoms with Gasteiger partial charge in [0.15, 0.2) is 0 Å². The molecule has 0 heterocycles. The van der Waals surface area contributed by atoms with E-state index in [1.165, 1.54) is 0 Å². The summed E-state index contributed by atoms with van der Waals surface area (Å²) in [6, 6.07) is 18.9. The second-order valence-corrected chi connectivity index (χ2v) is 5.03. The Balaban J connectivity index is 2.26. The van der Waals surface area contributed by atoms with E-state index in [2.05, 4.69) is 5.32 Å². The van der Waals surface area contributed by atoms with Gasteiger partial charge in [0.25, 0.3) is 6.43 Å². The average molecular weight is 275 g/mol. The van der Waals surface area contributed by atoms with Crippen molar-refractivity contribution in [1.82, 2.24) is 5.32 Å². The molecule has 0 aliphatic rings. The summed E-state index contributed by atoms with van der Waals surface area (Å²) < 4.78 is 27.3. The van der Waals surface area contributed by atoms with Gasteiger partial charge in [-0.25, -0.2) is 8.78 Å². The van der Waals surface area contributed by atoms with Crippen molar-refractivity contribution in [1.29, 1.82) is 0 Å². The Bertz CT molecular complexity index is 470. The zero-order chi connectivity index (χ0) is 14.4. The van der Waals surface area contributed by atoms with Crippen LogP contribution in [-0.4, -0.2) is 19.0 Å². The molecule has 0 aliphatic heterocycles. The van der Waals surface area contributed by atoms with E-state index in [1.54, 1.807) is 7.05 Å². The van der Waals surface area contributed by atoms with Crippen LogP contribution in [0.2, 0.25) is 0 Å². The first kappa shape index (κ1) is 14.7. The molecule has 0 unspecified atom stereocenters. The van der Waals surface area contributed by atoms with E-state index >= 15 is 0 Å². The lowest BCUT2D eigenvalue weighted by atomic mass is 9.85. The standard InChI is InChI=1S/C17H19F2N/c1-20-17(16(18)19,12-14-8-4-2-5-9-14)13-15-10-6-3-7-11-15/h2-11,16,20H,12-13H2,1H3. The minimum Gasteiger partial charge on any atom is -0.309 e. The quantitative estimate of drug-likeness (QED) is 0.847. The minimum absolute atomic E-state index is 0.302. The fraction of sp³-hybridized carbons (Fsp3) is 0.294. The Morgan fingerprint density at radius 2 is 1.25 bits per heavy atom. The fourth-order valence-electron chi connectivity index (χ4n) is 2.42. The number of benzene rings is 2. The maximum Gasteiger partial charge on any atom is 0.257 e. The van der Waals surface area contributed by atoms with E-state index < -0.39 is 12.0 Å². The smallest absolute Gasteiger partial charge is 0.257 e. The Morgan fingerprint density at radius 3 is 1.55 bits per heavy atom. The largest absolute Gasteiger partial charge is 0.309 e. The van der Waals surface area contributed by atoms with E-state index in [0.29, 0.717) is 12.8 Å². The first-order chi connectivity index (χ1) is 9.66. The molecular weight excluding hydrogens is 256 g/mol. The van der Waals surface area contributed by atoms with E-state index in [-0.39, 0.29) is 0 Å².